The predicted octanol–water partition coefficient (Wildman–Crippen LogP) is 4.31. The number of hydrogen-bond acceptors (Lipinski definition) is 1. The average molecular weight is 236 g/mol. The van der Waals surface area contributed by atoms with Crippen molar-refractivity contribution in [2.45, 2.75) is 5.88 Å². The Labute approximate surface area is 98.9 Å². The number of nitrogens with one attached hydrogen (secondary N) is 1. The molecule has 0 fully saturated rings. The molecule has 1 N–H and O–H groups in total. The smallest absolute Gasteiger partial charge is 0.146 e. The summed E-state index contributed by atoms with van der Waals surface area (Å²) in [5.41, 5.74) is 2.19. The molecule has 82 valence electrons. The Morgan fingerprint density at radius 1 is 1.06 bits per heavy atom. The Hall–Kier alpha value is -1.54. The van der Waals surface area contributed by atoms with Gasteiger partial charge in [-0.1, -0.05) is 24.3 Å². The monoisotopic (exact) mass is 235 g/mol. The normalized spacial score (nSPS) is 10.1. The van der Waals surface area contributed by atoms with Crippen molar-refractivity contribution in [3.8, 4) is 0 Å². The molecule has 0 radical (unpaired) electrons. The lowest BCUT2D eigenvalue weighted by molar-refractivity contribution is 0.631. The number of rotatable bonds is 3. The molecule has 1 nitrogen and oxygen atoms in total. The highest BCUT2D eigenvalue weighted by Crippen LogP contribution is 2.21. The molecule has 0 aromatic heterocycles. The van der Waals surface area contributed by atoms with Crippen LogP contribution in [0.2, 0.25) is 0 Å². The molecule has 0 spiro atoms. The maximum absolute atomic E-state index is 13.5. The van der Waals surface area contributed by atoms with E-state index < -0.39 is 0 Å². The van der Waals surface area contributed by atoms with Crippen LogP contribution in [0.4, 0.5) is 15.8 Å². The van der Waals surface area contributed by atoms with Gasteiger partial charge in [0.2, 0.25) is 0 Å². The van der Waals surface area contributed by atoms with E-state index in [-0.39, 0.29) is 5.82 Å². The van der Waals surface area contributed by atoms with Crippen molar-refractivity contribution in [3.05, 3.63) is 59.9 Å². The Bertz CT molecular complexity index is 471. The van der Waals surface area contributed by atoms with E-state index in [2.05, 4.69) is 5.32 Å². The third-order valence-corrected chi connectivity index (χ3v) is 2.55. The van der Waals surface area contributed by atoms with Crippen LogP contribution in [0.1, 0.15) is 5.56 Å². The lowest BCUT2D eigenvalue weighted by Gasteiger charge is -2.08. The molecule has 0 unspecified atom stereocenters. The highest BCUT2D eigenvalue weighted by atomic mass is 35.5. The van der Waals surface area contributed by atoms with Gasteiger partial charge in [-0.15, -0.1) is 11.6 Å². The molecule has 0 bridgehead atoms. The van der Waals surface area contributed by atoms with Crippen LogP contribution >= 0.6 is 11.6 Å². The van der Waals surface area contributed by atoms with Gasteiger partial charge >= 0.3 is 0 Å². The van der Waals surface area contributed by atoms with Crippen LogP contribution in [0.25, 0.3) is 0 Å². The second-order valence-electron chi connectivity index (χ2n) is 3.44. The predicted molar refractivity (Wildman–Crippen MR) is 65.7 cm³/mol. The maximum atomic E-state index is 13.5. The molecule has 16 heavy (non-hydrogen) atoms. The van der Waals surface area contributed by atoms with Gasteiger partial charge in [-0.25, -0.2) is 4.39 Å². The molecule has 0 atom stereocenters. The minimum Gasteiger partial charge on any atom is -0.353 e. The van der Waals surface area contributed by atoms with Crippen molar-refractivity contribution in [1.82, 2.24) is 0 Å². The number of anilines is 2. The first-order chi connectivity index (χ1) is 7.79. The van der Waals surface area contributed by atoms with Crippen molar-refractivity contribution in [3.63, 3.8) is 0 Å². The first-order valence-corrected chi connectivity index (χ1v) is 5.49. The molecule has 2 aromatic rings. The van der Waals surface area contributed by atoms with Crippen molar-refractivity contribution >= 4 is 23.0 Å². The zero-order chi connectivity index (χ0) is 11.4. The Balaban J connectivity index is 2.27. The summed E-state index contributed by atoms with van der Waals surface area (Å²) in [6.45, 7) is 0. The van der Waals surface area contributed by atoms with E-state index in [0.29, 0.717) is 11.6 Å². The molecule has 3 heteroatoms. The van der Waals surface area contributed by atoms with Crippen molar-refractivity contribution in [2.24, 2.45) is 0 Å². The Morgan fingerprint density at radius 3 is 2.50 bits per heavy atom. The summed E-state index contributed by atoms with van der Waals surface area (Å²) < 4.78 is 13.5. The summed E-state index contributed by atoms with van der Waals surface area (Å²) in [6, 6.07) is 14.3. The quantitative estimate of drug-likeness (QED) is 0.782. The van der Waals surface area contributed by atoms with Gasteiger partial charge in [-0.2, -0.15) is 0 Å². The van der Waals surface area contributed by atoms with Crippen LogP contribution in [-0.4, -0.2) is 0 Å². The highest BCUT2D eigenvalue weighted by molar-refractivity contribution is 6.17. The fourth-order valence-electron chi connectivity index (χ4n) is 1.43. The second kappa shape index (κ2) is 4.99. The van der Waals surface area contributed by atoms with Crippen LogP contribution in [0.5, 0.6) is 0 Å². The molecule has 0 aliphatic rings. The van der Waals surface area contributed by atoms with Crippen molar-refractivity contribution in [1.29, 1.82) is 0 Å². The third-order valence-electron chi connectivity index (χ3n) is 2.24. The zero-order valence-electron chi connectivity index (χ0n) is 8.58. The first kappa shape index (κ1) is 11.0. The maximum Gasteiger partial charge on any atom is 0.146 e. The molecule has 0 amide bonds. The minimum absolute atomic E-state index is 0.280. The van der Waals surface area contributed by atoms with Crippen LogP contribution in [-0.2, 0) is 5.88 Å². The summed E-state index contributed by atoms with van der Waals surface area (Å²) in [6.07, 6.45) is 0. The van der Waals surface area contributed by atoms with Gasteiger partial charge in [0, 0.05) is 11.6 Å². The number of alkyl halides is 1. The average Bonchev–Trinajstić information content (AvgIpc) is 2.33. The van der Waals surface area contributed by atoms with Crippen molar-refractivity contribution in [2.75, 3.05) is 5.32 Å². The van der Waals surface area contributed by atoms with Gasteiger partial charge in [-0.3, -0.25) is 0 Å². The molecule has 0 aliphatic carbocycles. The Morgan fingerprint density at radius 2 is 1.81 bits per heavy atom. The van der Waals surface area contributed by atoms with E-state index in [1.807, 2.05) is 30.3 Å². The topological polar surface area (TPSA) is 12.0 Å². The molecule has 0 saturated heterocycles. The molecule has 0 saturated carbocycles. The van der Waals surface area contributed by atoms with Crippen LogP contribution in [0.15, 0.2) is 48.5 Å². The van der Waals surface area contributed by atoms with E-state index in [1.54, 1.807) is 12.1 Å². The fraction of sp³-hybridized carbons (Fsp3) is 0.0769. The van der Waals surface area contributed by atoms with Crippen LogP contribution in [0, 0.1) is 5.82 Å². The molecule has 2 rings (SSSR count). The van der Waals surface area contributed by atoms with Gasteiger partial charge in [0.05, 0.1) is 5.69 Å². The summed E-state index contributed by atoms with van der Waals surface area (Å²) in [5.74, 6) is 0.0988. The molecule has 0 aliphatic heterocycles. The largest absolute Gasteiger partial charge is 0.353 e. The van der Waals surface area contributed by atoms with Crippen molar-refractivity contribution < 1.29 is 4.39 Å². The minimum atomic E-state index is -0.280. The van der Waals surface area contributed by atoms with Crippen LogP contribution < -0.4 is 5.32 Å². The van der Waals surface area contributed by atoms with Gasteiger partial charge in [-0.05, 0) is 29.8 Å². The number of halogens is 2. The summed E-state index contributed by atoms with van der Waals surface area (Å²) in [7, 11) is 0. The second-order valence-corrected chi connectivity index (χ2v) is 3.71. The van der Waals surface area contributed by atoms with E-state index >= 15 is 0 Å². The summed E-state index contributed by atoms with van der Waals surface area (Å²) in [5, 5.41) is 3.01. The molecular weight excluding hydrogens is 225 g/mol. The highest BCUT2D eigenvalue weighted by Gasteiger charge is 2.03. The lowest BCUT2D eigenvalue weighted by atomic mass is 10.2. The number of hydrogen-bond donors (Lipinski definition) is 1. The molecular formula is C13H11ClFN. The van der Waals surface area contributed by atoms with E-state index in [4.69, 9.17) is 11.6 Å². The van der Waals surface area contributed by atoms with Gasteiger partial charge in [0.1, 0.15) is 5.82 Å². The summed E-state index contributed by atoms with van der Waals surface area (Å²) >= 11 is 5.70. The summed E-state index contributed by atoms with van der Waals surface area (Å²) in [4.78, 5) is 0. The van der Waals surface area contributed by atoms with Crippen LogP contribution in [0.3, 0.4) is 0 Å². The van der Waals surface area contributed by atoms with E-state index in [9.17, 15) is 4.39 Å². The number of para-hydroxylation sites is 1. The molecule has 0 heterocycles. The van der Waals surface area contributed by atoms with E-state index in [1.165, 1.54) is 6.07 Å². The zero-order valence-corrected chi connectivity index (χ0v) is 9.34. The fourth-order valence-corrected chi connectivity index (χ4v) is 1.59. The van der Waals surface area contributed by atoms with E-state index in [0.717, 1.165) is 11.3 Å². The van der Waals surface area contributed by atoms with Gasteiger partial charge < -0.3 is 5.32 Å². The standard InChI is InChI=1S/C13H11ClFN/c14-9-10-6-7-12(15)13(8-10)16-11-4-2-1-3-5-11/h1-8,16H,9H2. The lowest BCUT2D eigenvalue weighted by Crippen LogP contribution is -1.94. The van der Waals surface area contributed by atoms with Gasteiger partial charge in [0.15, 0.2) is 0 Å². The molecule has 2 aromatic carbocycles. The third kappa shape index (κ3) is 2.52. The van der Waals surface area contributed by atoms with Gasteiger partial charge in [0.25, 0.3) is 0 Å². The number of benzene rings is 2. The Kier molecular flexibility index (Phi) is 3.42. The first-order valence-electron chi connectivity index (χ1n) is 4.96. The SMILES string of the molecule is Fc1ccc(CCl)cc1Nc1ccccc1.